The van der Waals surface area contributed by atoms with Crippen molar-refractivity contribution < 1.29 is 14.3 Å². The highest BCUT2D eigenvalue weighted by Crippen LogP contribution is 2.26. The minimum absolute atomic E-state index is 0.0535. The fourth-order valence-corrected chi connectivity index (χ4v) is 1.91. The molecule has 4 heteroatoms. The lowest BCUT2D eigenvalue weighted by atomic mass is 9.82. The summed E-state index contributed by atoms with van der Waals surface area (Å²) in [6, 6.07) is 3.69. The molecule has 1 saturated carbocycles. The van der Waals surface area contributed by atoms with Crippen LogP contribution in [0.3, 0.4) is 0 Å². The van der Waals surface area contributed by atoms with E-state index >= 15 is 0 Å². The maximum absolute atomic E-state index is 11.4. The lowest BCUT2D eigenvalue weighted by molar-refractivity contribution is -0.121. The lowest BCUT2D eigenvalue weighted by Crippen LogP contribution is -2.38. The Morgan fingerprint density at radius 1 is 1.56 bits per heavy atom. The van der Waals surface area contributed by atoms with Crippen LogP contribution in [0.15, 0.2) is 22.8 Å². The first kappa shape index (κ1) is 11.2. The van der Waals surface area contributed by atoms with Crippen molar-refractivity contribution >= 4 is 5.91 Å². The molecule has 0 spiro atoms. The Morgan fingerprint density at radius 2 is 2.38 bits per heavy atom. The molecule has 0 saturated heterocycles. The van der Waals surface area contributed by atoms with Crippen LogP contribution in [-0.2, 0) is 11.2 Å². The van der Waals surface area contributed by atoms with Gasteiger partial charge in [-0.25, -0.2) is 0 Å². The fraction of sp³-hybridized carbons (Fsp3) is 0.583. The van der Waals surface area contributed by atoms with Crippen LogP contribution in [0.25, 0.3) is 0 Å². The van der Waals surface area contributed by atoms with Gasteiger partial charge in [0.1, 0.15) is 5.76 Å². The molecule has 1 aromatic rings. The molecule has 1 heterocycles. The van der Waals surface area contributed by atoms with Crippen LogP contribution in [0.5, 0.6) is 0 Å². The summed E-state index contributed by atoms with van der Waals surface area (Å²) in [4.78, 5) is 11.4. The Morgan fingerprint density at radius 3 is 3.00 bits per heavy atom. The minimum atomic E-state index is -0.148. The highest BCUT2D eigenvalue weighted by Gasteiger charge is 2.26. The van der Waals surface area contributed by atoms with Crippen LogP contribution in [-0.4, -0.2) is 23.7 Å². The third kappa shape index (κ3) is 3.10. The highest BCUT2D eigenvalue weighted by atomic mass is 16.3. The molecule has 1 aromatic heterocycles. The first-order valence-corrected chi connectivity index (χ1v) is 5.71. The van der Waals surface area contributed by atoms with Crippen LogP contribution in [0, 0.1) is 5.92 Å². The number of aliphatic hydroxyl groups is 1. The molecule has 2 N–H and O–H groups in total. The van der Waals surface area contributed by atoms with Gasteiger partial charge >= 0.3 is 0 Å². The monoisotopic (exact) mass is 223 g/mol. The second-order valence-electron chi connectivity index (χ2n) is 4.37. The van der Waals surface area contributed by atoms with Gasteiger partial charge in [0, 0.05) is 19.4 Å². The normalized spacial score (nSPS) is 23.8. The maximum Gasteiger partial charge on any atom is 0.220 e. The minimum Gasteiger partial charge on any atom is -0.469 e. The van der Waals surface area contributed by atoms with Gasteiger partial charge in [-0.1, -0.05) is 0 Å². The molecule has 4 nitrogen and oxygen atoms in total. The van der Waals surface area contributed by atoms with Crippen LogP contribution in [0.2, 0.25) is 0 Å². The van der Waals surface area contributed by atoms with Crippen molar-refractivity contribution in [3.05, 3.63) is 24.2 Å². The number of hydrogen-bond donors (Lipinski definition) is 2. The van der Waals surface area contributed by atoms with E-state index in [9.17, 15) is 4.79 Å². The molecule has 0 radical (unpaired) electrons. The van der Waals surface area contributed by atoms with Gasteiger partial charge in [-0.3, -0.25) is 4.79 Å². The molecule has 1 fully saturated rings. The molecular formula is C12H17NO3. The van der Waals surface area contributed by atoms with E-state index in [1.165, 1.54) is 0 Å². The van der Waals surface area contributed by atoms with Crippen LogP contribution >= 0.6 is 0 Å². The second kappa shape index (κ2) is 5.16. The summed E-state index contributed by atoms with van der Waals surface area (Å²) in [6.45, 7) is 0.689. The predicted molar refractivity (Wildman–Crippen MR) is 58.8 cm³/mol. The number of carbonyl (C=O) groups excluding carboxylic acids is 1. The van der Waals surface area contributed by atoms with E-state index in [1.807, 2.05) is 12.1 Å². The maximum atomic E-state index is 11.4. The van der Waals surface area contributed by atoms with E-state index in [-0.39, 0.29) is 12.0 Å². The average Bonchev–Trinajstić information content (AvgIpc) is 2.72. The second-order valence-corrected chi connectivity index (χ2v) is 4.37. The molecular weight excluding hydrogens is 206 g/mol. The summed E-state index contributed by atoms with van der Waals surface area (Å²) in [5.74, 6) is 1.36. The van der Waals surface area contributed by atoms with Gasteiger partial charge in [0.05, 0.1) is 12.4 Å². The first-order valence-electron chi connectivity index (χ1n) is 5.71. The summed E-state index contributed by atoms with van der Waals surface area (Å²) >= 11 is 0. The van der Waals surface area contributed by atoms with Gasteiger partial charge in [0.15, 0.2) is 0 Å². The van der Waals surface area contributed by atoms with E-state index in [4.69, 9.17) is 9.52 Å². The molecule has 16 heavy (non-hydrogen) atoms. The summed E-state index contributed by atoms with van der Waals surface area (Å²) in [5.41, 5.74) is 0. The quantitative estimate of drug-likeness (QED) is 0.785. The van der Waals surface area contributed by atoms with Crippen molar-refractivity contribution in [2.45, 2.75) is 31.8 Å². The molecule has 1 amide bonds. The van der Waals surface area contributed by atoms with E-state index in [1.54, 1.807) is 6.26 Å². The first-order chi connectivity index (χ1) is 7.74. The van der Waals surface area contributed by atoms with Gasteiger partial charge in [-0.05, 0) is 30.9 Å². The number of carbonyl (C=O) groups is 1. The molecule has 1 aliphatic rings. The number of aliphatic hydroxyl groups excluding tert-OH is 1. The lowest BCUT2D eigenvalue weighted by Gasteiger charge is -2.31. The largest absolute Gasteiger partial charge is 0.469 e. The Balaban J connectivity index is 1.58. The van der Waals surface area contributed by atoms with Crippen molar-refractivity contribution in [2.24, 2.45) is 5.92 Å². The van der Waals surface area contributed by atoms with E-state index < -0.39 is 0 Å². The third-order valence-corrected chi connectivity index (χ3v) is 2.98. The van der Waals surface area contributed by atoms with Gasteiger partial charge < -0.3 is 14.8 Å². The fourth-order valence-electron chi connectivity index (χ4n) is 1.91. The average molecular weight is 223 g/mol. The molecule has 0 aromatic carbocycles. The molecule has 0 bridgehead atoms. The molecule has 0 aliphatic heterocycles. The summed E-state index contributed by atoms with van der Waals surface area (Å²) in [5, 5.41) is 12.0. The SMILES string of the molecule is O=C(CCc1ccco1)NCC1CC(O)C1. The molecule has 1 aliphatic carbocycles. The van der Waals surface area contributed by atoms with Crippen molar-refractivity contribution in [2.75, 3.05) is 6.54 Å². The Labute approximate surface area is 94.6 Å². The number of nitrogens with one attached hydrogen (secondary N) is 1. The Bertz CT molecular complexity index is 328. The predicted octanol–water partition coefficient (Wildman–Crippen LogP) is 1.10. The van der Waals surface area contributed by atoms with Gasteiger partial charge in [0.2, 0.25) is 5.91 Å². The number of hydrogen-bond acceptors (Lipinski definition) is 3. The third-order valence-electron chi connectivity index (χ3n) is 2.98. The smallest absolute Gasteiger partial charge is 0.220 e. The molecule has 2 rings (SSSR count). The van der Waals surface area contributed by atoms with Crippen LogP contribution in [0.1, 0.15) is 25.0 Å². The van der Waals surface area contributed by atoms with E-state index in [0.29, 0.717) is 25.3 Å². The van der Waals surface area contributed by atoms with Gasteiger partial charge in [0.25, 0.3) is 0 Å². The topological polar surface area (TPSA) is 62.5 Å². The van der Waals surface area contributed by atoms with Gasteiger partial charge in [-0.2, -0.15) is 0 Å². The van der Waals surface area contributed by atoms with Crippen LogP contribution in [0.4, 0.5) is 0 Å². The number of aryl methyl sites for hydroxylation is 1. The van der Waals surface area contributed by atoms with Gasteiger partial charge in [-0.15, -0.1) is 0 Å². The van der Waals surface area contributed by atoms with Crippen molar-refractivity contribution in [1.82, 2.24) is 5.32 Å². The molecule has 0 unspecified atom stereocenters. The number of rotatable bonds is 5. The Kier molecular flexibility index (Phi) is 3.62. The van der Waals surface area contributed by atoms with Crippen molar-refractivity contribution in [1.29, 1.82) is 0 Å². The van der Waals surface area contributed by atoms with Crippen LogP contribution < -0.4 is 5.32 Å². The summed E-state index contributed by atoms with van der Waals surface area (Å²) in [7, 11) is 0. The Hall–Kier alpha value is -1.29. The summed E-state index contributed by atoms with van der Waals surface area (Å²) < 4.78 is 5.14. The van der Waals surface area contributed by atoms with Crippen molar-refractivity contribution in [3.8, 4) is 0 Å². The zero-order chi connectivity index (χ0) is 11.4. The van der Waals surface area contributed by atoms with Crippen molar-refractivity contribution in [3.63, 3.8) is 0 Å². The molecule has 0 atom stereocenters. The zero-order valence-electron chi connectivity index (χ0n) is 9.19. The number of furan rings is 1. The molecule has 88 valence electrons. The van der Waals surface area contributed by atoms with E-state index in [2.05, 4.69) is 5.32 Å². The highest BCUT2D eigenvalue weighted by molar-refractivity contribution is 5.76. The summed E-state index contributed by atoms with van der Waals surface area (Å²) in [6.07, 6.45) is 4.21. The van der Waals surface area contributed by atoms with E-state index in [0.717, 1.165) is 18.6 Å². The zero-order valence-corrected chi connectivity index (χ0v) is 9.19. The number of amides is 1. The standard InChI is InChI=1S/C12H17NO3/c14-10-6-9(7-10)8-13-12(15)4-3-11-2-1-5-16-11/h1-2,5,9-10,14H,3-4,6-8H2,(H,13,15).